The number of rotatable bonds is 5. The molecule has 2 unspecified atom stereocenters. The summed E-state index contributed by atoms with van der Waals surface area (Å²) in [6.07, 6.45) is 6.37. The molecule has 0 amide bonds. The summed E-state index contributed by atoms with van der Waals surface area (Å²) in [5.41, 5.74) is 11.5. The van der Waals surface area contributed by atoms with Crippen LogP contribution in [0.2, 0.25) is 10.0 Å². The summed E-state index contributed by atoms with van der Waals surface area (Å²) in [5, 5.41) is 15.0. The molecule has 5 nitrogen and oxygen atoms in total. The standard InChI is InChI=1S/C20H15Cl2N4O/c21-14-7-5-13(6-8-14)20(12-23)27-19-10-9-15(22)11-18(19)26-25-17-4-2-1-3-16(17)24/h1-11,16,20,24,26H/q-1/p+1/b25-17-. The Bertz CT molecular complexity index is 945. The average molecular weight is 399 g/mol. The number of hydrogen-bond acceptors (Lipinski definition) is 3. The minimum absolute atomic E-state index is 0.474. The van der Waals surface area contributed by atoms with Crippen molar-refractivity contribution < 1.29 is 10.2 Å². The highest BCUT2D eigenvalue weighted by molar-refractivity contribution is 6.31. The molecule has 136 valence electrons. The third kappa shape index (κ3) is 4.97. The fourth-order valence-electron chi connectivity index (χ4n) is 2.46. The van der Waals surface area contributed by atoms with E-state index in [2.05, 4.69) is 11.2 Å². The average Bonchev–Trinajstić information content (AvgIpc) is 2.67. The first kappa shape index (κ1) is 19.2. The predicted octanol–water partition coefficient (Wildman–Crippen LogP) is 4.73. The van der Waals surface area contributed by atoms with Crippen LogP contribution in [0.3, 0.4) is 0 Å². The monoisotopic (exact) mass is 398 g/mol. The SMILES string of the molecule is N#CC(Oc1ccc(Cl)cc1[NH2+]/N=C1/C=CC=CC1[NH-])c1ccc(Cl)cc1. The number of allylic oxidation sites excluding steroid dienone is 2. The van der Waals surface area contributed by atoms with Crippen LogP contribution < -0.4 is 10.2 Å². The molecule has 0 saturated carbocycles. The van der Waals surface area contributed by atoms with E-state index in [0.717, 1.165) is 0 Å². The topological polar surface area (TPSA) is 85.8 Å². The lowest BCUT2D eigenvalue weighted by Gasteiger charge is -2.17. The first-order valence-corrected chi connectivity index (χ1v) is 8.90. The van der Waals surface area contributed by atoms with E-state index in [1.807, 2.05) is 12.2 Å². The summed E-state index contributed by atoms with van der Waals surface area (Å²) >= 11 is 12.0. The molecule has 0 saturated heterocycles. The van der Waals surface area contributed by atoms with E-state index >= 15 is 0 Å². The number of ether oxygens (including phenoxy) is 1. The highest BCUT2D eigenvalue weighted by atomic mass is 35.5. The van der Waals surface area contributed by atoms with Crippen molar-refractivity contribution in [2.75, 3.05) is 0 Å². The number of hydrogen-bond donors (Lipinski definition) is 1. The van der Waals surface area contributed by atoms with Gasteiger partial charge in [0.2, 0.25) is 6.10 Å². The van der Waals surface area contributed by atoms with Crippen molar-refractivity contribution in [1.82, 2.24) is 0 Å². The van der Waals surface area contributed by atoms with E-state index in [1.165, 1.54) is 0 Å². The number of quaternary nitrogens is 1. The van der Waals surface area contributed by atoms with Gasteiger partial charge in [-0.25, -0.2) is 0 Å². The molecular formula is C20H16Cl2N4O. The summed E-state index contributed by atoms with van der Waals surface area (Å²) in [6, 6.07) is 13.6. The zero-order chi connectivity index (χ0) is 19.2. The molecule has 2 atom stereocenters. The molecule has 0 bridgehead atoms. The normalized spacial score (nSPS) is 18.3. The van der Waals surface area contributed by atoms with Crippen LogP contribution in [0.25, 0.3) is 5.73 Å². The van der Waals surface area contributed by atoms with E-state index < -0.39 is 12.1 Å². The Balaban J connectivity index is 1.84. The maximum absolute atomic E-state index is 9.51. The highest BCUT2D eigenvalue weighted by Gasteiger charge is 2.17. The van der Waals surface area contributed by atoms with Gasteiger partial charge in [-0.1, -0.05) is 64.7 Å². The Hall–Kier alpha value is -2.62. The quantitative estimate of drug-likeness (QED) is 0.448. The molecular weight excluding hydrogens is 383 g/mol. The van der Waals surface area contributed by atoms with Gasteiger partial charge < -0.3 is 10.5 Å². The van der Waals surface area contributed by atoms with E-state index in [-0.39, 0.29) is 0 Å². The molecule has 2 aromatic rings. The molecule has 27 heavy (non-hydrogen) atoms. The first-order valence-electron chi connectivity index (χ1n) is 8.15. The molecule has 1 aliphatic rings. The lowest BCUT2D eigenvalue weighted by Crippen LogP contribution is -2.72. The van der Waals surface area contributed by atoms with Crippen LogP contribution >= 0.6 is 23.2 Å². The van der Waals surface area contributed by atoms with Gasteiger partial charge >= 0.3 is 0 Å². The molecule has 0 heterocycles. The van der Waals surface area contributed by atoms with Gasteiger partial charge in [-0.15, -0.1) is 0 Å². The molecule has 0 aliphatic heterocycles. The van der Waals surface area contributed by atoms with Crippen molar-refractivity contribution in [1.29, 1.82) is 5.26 Å². The molecule has 1 aliphatic carbocycles. The van der Waals surface area contributed by atoms with Crippen LogP contribution in [0.1, 0.15) is 11.7 Å². The zero-order valence-corrected chi connectivity index (χ0v) is 15.7. The van der Waals surface area contributed by atoms with E-state index in [0.29, 0.717) is 32.8 Å². The number of nitrogens with one attached hydrogen (secondary N) is 1. The number of halogens is 2. The molecule has 2 aromatic carbocycles. The Morgan fingerprint density at radius 1 is 1.11 bits per heavy atom. The Kier molecular flexibility index (Phi) is 6.28. The van der Waals surface area contributed by atoms with Gasteiger partial charge in [-0.2, -0.15) is 10.7 Å². The minimum atomic E-state index is -0.801. The van der Waals surface area contributed by atoms with Crippen LogP contribution in [0, 0.1) is 11.3 Å². The second kappa shape index (κ2) is 8.85. The molecule has 0 aromatic heterocycles. The fraction of sp³-hybridized carbons (Fsp3) is 0.100. The van der Waals surface area contributed by atoms with Crippen LogP contribution in [0.4, 0.5) is 5.69 Å². The molecule has 3 rings (SSSR count). The van der Waals surface area contributed by atoms with E-state index in [1.54, 1.807) is 60.0 Å². The van der Waals surface area contributed by atoms with E-state index in [9.17, 15) is 5.26 Å². The summed E-state index contributed by atoms with van der Waals surface area (Å²) in [6.45, 7) is 0. The van der Waals surface area contributed by atoms with Crippen molar-refractivity contribution in [2.45, 2.75) is 12.1 Å². The van der Waals surface area contributed by atoms with Crippen molar-refractivity contribution in [2.24, 2.45) is 5.10 Å². The lowest BCUT2D eigenvalue weighted by atomic mass is 10.1. The van der Waals surface area contributed by atoms with Crippen LogP contribution in [0.5, 0.6) is 5.75 Å². The predicted molar refractivity (Wildman–Crippen MR) is 107 cm³/mol. The van der Waals surface area contributed by atoms with Gasteiger partial charge in [0.1, 0.15) is 6.07 Å². The third-order valence-corrected chi connectivity index (χ3v) is 4.35. The van der Waals surface area contributed by atoms with Crippen LogP contribution in [-0.2, 0) is 0 Å². The number of benzene rings is 2. The van der Waals surface area contributed by atoms with E-state index in [4.69, 9.17) is 33.7 Å². The Labute approximate surface area is 167 Å². The molecule has 0 spiro atoms. The fourth-order valence-corrected chi connectivity index (χ4v) is 2.77. The van der Waals surface area contributed by atoms with Gasteiger partial charge in [0.25, 0.3) is 0 Å². The summed E-state index contributed by atoms with van der Waals surface area (Å²) in [7, 11) is 0. The Morgan fingerprint density at radius 2 is 1.85 bits per heavy atom. The first-order chi connectivity index (χ1) is 13.1. The minimum Gasteiger partial charge on any atom is -0.666 e. The molecule has 0 fully saturated rings. The van der Waals surface area contributed by atoms with Gasteiger partial charge in [0.15, 0.2) is 11.4 Å². The Morgan fingerprint density at radius 3 is 2.56 bits per heavy atom. The van der Waals surface area contributed by atoms with Crippen molar-refractivity contribution in [3.8, 4) is 11.8 Å². The number of nitriles is 1. The summed E-state index contributed by atoms with van der Waals surface area (Å²) in [5.74, 6) is 0.474. The van der Waals surface area contributed by atoms with Crippen molar-refractivity contribution in [3.05, 3.63) is 88.1 Å². The largest absolute Gasteiger partial charge is 0.666 e. The molecule has 0 radical (unpaired) electrons. The van der Waals surface area contributed by atoms with Gasteiger partial charge in [-0.05, 0) is 30.3 Å². The molecule has 7 heteroatoms. The third-order valence-electron chi connectivity index (χ3n) is 3.86. The van der Waals surface area contributed by atoms with Gasteiger partial charge in [0.05, 0.1) is 5.71 Å². The number of nitrogens with zero attached hydrogens (tertiary/aromatic N) is 2. The summed E-state index contributed by atoms with van der Waals surface area (Å²) < 4.78 is 5.90. The summed E-state index contributed by atoms with van der Waals surface area (Å²) in [4.78, 5) is 0. The van der Waals surface area contributed by atoms with Gasteiger partial charge in [0, 0.05) is 21.7 Å². The van der Waals surface area contributed by atoms with Crippen molar-refractivity contribution in [3.63, 3.8) is 0 Å². The van der Waals surface area contributed by atoms with Gasteiger partial charge in [-0.3, -0.25) is 0 Å². The zero-order valence-electron chi connectivity index (χ0n) is 14.1. The van der Waals surface area contributed by atoms with Crippen LogP contribution in [0.15, 0.2) is 71.9 Å². The smallest absolute Gasteiger partial charge is 0.209 e. The second-order valence-electron chi connectivity index (χ2n) is 5.77. The second-order valence-corrected chi connectivity index (χ2v) is 6.64. The maximum atomic E-state index is 9.51. The highest BCUT2D eigenvalue weighted by Crippen LogP contribution is 2.29. The number of nitrogens with two attached hydrogens (primary N) is 1. The molecule has 3 N–H and O–H groups in total. The van der Waals surface area contributed by atoms with Crippen molar-refractivity contribution >= 4 is 34.6 Å². The lowest BCUT2D eigenvalue weighted by molar-refractivity contribution is -0.578. The van der Waals surface area contributed by atoms with Crippen LogP contribution in [-0.4, -0.2) is 11.8 Å². The maximum Gasteiger partial charge on any atom is 0.209 e.